The second kappa shape index (κ2) is 11.9. The van der Waals surface area contributed by atoms with Crippen LogP contribution < -0.4 is 11.3 Å². The molecule has 0 aliphatic carbocycles. The van der Waals surface area contributed by atoms with Gasteiger partial charge in [0.05, 0.1) is 12.1 Å². The Bertz CT molecular complexity index is 1890. The normalized spacial score (nSPS) is 11.5. The minimum atomic E-state index is -4.48. The van der Waals surface area contributed by atoms with Crippen molar-refractivity contribution in [3.05, 3.63) is 91.8 Å². The first-order chi connectivity index (χ1) is 19.3. The van der Waals surface area contributed by atoms with Gasteiger partial charge in [-0.2, -0.15) is 8.42 Å². The number of rotatable bonds is 6. The number of benzene rings is 1. The second-order valence-corrected chi connectivity index (χ2v) is 12.4. The molecule has 0 aliphatic rings. The monoisotopic (exact) mass is 598 g/mol. The van der Waals surface area contributed by atoms with E-state index in [0.29, 0.717) is 16.3 Å². The van der Waals surface area contributed by atoms with Crippen molar-refractivity contribution in [2.24, 2.45) is 0 Å². The molecule has 4 heterocycles. The van der Waals surface area contributed by atoms with E-state index in [2.05, 4.69) is 10.1 Å². The molecule has 0 spiro atoms. The van der Waals surface area contributed by atoms with Crippen LogP contribution in [0.25, 0.3) is 22.0 Å². The van der Waals surface area contributed by atoms with Crippen LogP contribution in [0.5, 0.6) is 0 Å². The number of fused-ring (bicyclic) bond motifs is 1. The number of halogens is 1. The Hall–Kier alpha value is -3.87. The fourth-order valence-electron chi connectivity index (χ4n) is 4.40. The van der Waals surface area contributed by atoms with E-state index in [1.165, 1.54) is 24.3 Å². The van der Waals surface area contributed by atoms with Crippen molar-refractivity contribution in [3.8, 4) is 11.1 Å². The van der Waals surface area contributed by atoms with Crippen molar-refractivity contribution < 1.29 is 21.9 Å². The van der Waals surface area contributed by atoms with Gasteiger partial charge in [0.25, 0.3) is 5.56 Å². The molecule has 0 unspecified atom stereocenters. The third kappa shape index (κ3) is 6.39. The lowest BCUT2D eigenvalue weighted by Gasteiger charge is -2.14. The number of pyridine rings is 2. The molecule has 9 nitrogen and oxygen atoms in total. The summed E-state index contributed by atoms with van der Waals surface area (Å²) >= 11 is 0.886. The smallest absolute Gasteiger partial charge is 0.304 e. The fraction of sp³-hybridized carbons (Fsp3) is 0.276. The molecule has 0 radical (unpaired) electrons. The van der Waals surface area contributed by atoms with Crippen LogP contribution >= 0.6 is 11.3 Å². The number of hydrogen-bond donors (Lipinski definition) is 2. The van der Waals surface area contributed by atoms with Crippen LogP contribution in [-0.4, -0.2) is 27.7 Å². The lowest BCUT2D eigenvalue weighted by molar-refractivity contribution is 0.399. The van der Waals surface area contributed by atoms with Gasteiger partial charge in [-0.15, -0.1) is 11.3 Å². The Kier molecular flexibility index (Phi) is 8.76. The summed E-state index contributed by atoms with van der Waals surface area (Å²) in [4.78, 5) is 18.0. The quantitative estimate of drug-likeness (QED) is 0.231. The number of thiophene rings is 1. The predicted octanol–water partition coefficient (Wildman–Crippen LogP) is 5.87. The van der Waals surface area contributed by atoms with Crippen LogP contribution in [-0.2, 0) is 29.5 Å². The van der Waals surface area contributed by atoms with Crippen molar-refractivity contribution in [2.45, 2.75) is 58.2 Å². The Balaban J connectivity index is 0.000000417. The lowest BCUT2D eigenvalue weighted by Crippen LogP contribution is -2.21. The summed E-state index contributed by atoms with van der Waals surface area (Å²) in [6.07, 6.45) is 1.45. The van der Waals surface area contributed by atoms with E-state index >= 15 is 4.39 Å². The maximum atomic E-state index is 15.1. The van der Waals surface area contributed by atoms with E-state index in [0.717, 1.165) is 57.8 Å². The van der Waals surface area contributed by atoms with Gasteiger partial charge < -0.3 is 14.8 Å². The highest BCUT2D eigenvalue weighted by Crippen LogP contribution is 2.36. The molecule has 4 aromatic heterocycles. The summed E-state index contributed by atoms with van der Waals surface area (Å²) in [5, 5.41) is 4.41. The van der Waals surface area contributed by atoms with Crippen LogP contribution in [0, 0.1) is 26.6 Å². The first-order valence-corrected chi connectivity index (χ1v) is 15.2. The first kappa shape index (κ1) is 30.1. The molecule has 0 fully saturated rings. The molecule has 0 bridgehead atoms. The number of nitrogens with zero attached hydrogens (tertiary/aromatic N) is 3. The molecular formula is C29H31FN4O5S2. The summed E-state index contributed by atoms with van der Waals surface area (Å²) < 4.78 is 54.1. The number of aromatic nitrogens is 3. The minimum Gasteiger partial charge on any atom is -0.381 e. The average Bonchev–Trinajstić information content (AvgIpc) is 3.47. The zero-order chi connectivity index (χ0) is 30.1. The average molecular weight is 599 g/mol. The topological polar surface area (TPSA) is 141 Å². The number of anilines is 1. The van der Waals surface area contributed by atoms with Crippen molar-refractivity contribution in [2.75, 3.05) is 5.73 Å². The van der Waals surface area contributed by atoms with Gasteiger partial charge >= 0.3 is 10.1 Å². The summed E-state index contributed by atoms with van der Waals surface area (Å²) in [6.45, 7) is 9.56. The van der Waals surface area contributed by atoms with Crippen molar-refractivity contribution >= 4 is 38.2 Å². The maximum Gasteiger partial charge on any atom is 0.304 e. The summed E-state index contributed by atoms with van der Waals surface area (Å²) in [5.41, 5.74) is 9.36. The highest BCUT2D eigenvalue weighted by Gasteiger charge is 2.22. The molecule has 3 N–H and O–H groups in total. The van der Waals surface area contributed by atoms with Crippen molar-refractivity contribution in [1.82, 2.24) is 14.7 Å². The first-order valence-electron chi connectivity index (χ1n) is 12.9. The van der Waals surface area contributed by atoms with Crippen molar-refractivity contribution in [3.63, 3.8) is 0 Å². The molecule has 0 amide bonds. The van der Waals surface area contributed by atoms with Crippen LogP contribution in [0.15, 0.2) is 56.0 Å². The molecule has 41 heavy (non-hydrogen) atoms. The molecule has 12 heteroatoms. The van der Waals surface area contributed by atoms with E-state index < -0.39 is 15.9 Å². The molecule has 0 saturated heterocycles. The van der Waals surface area contributed by atoms with Crippen LogP contribution in [0.4, 0.5) is 10.2 Å². The zero-order valence-corrected chi connectivity index (χ0v) is 25.0. The third-order valence-electron chi connectivity index (χ3n) is 6.73. The van der Waals surface area contributed by atoms with E-state index in [1.54, 1.807) is 23.6 Å². The molecule has 0 aliphatic heterocycles. The maximum absolute atomic E-state index is 15.1. The van der Waals surface area contributed by atoms with Crippen molar-refractivity contribution in [1.29, 1.82) is 0 Å². The predicted molar refractivity (Wildman–Crippen MR) is 159 cm³/mol. The summed E-state index contributed by atoms with van der Waals surface area (Å²) in [7, 11) is -4.48. The highest BCUT2D eigenvalue weighted by atomic mass is 32.3. The second-order valence-electron chi connectivity index (χ2n) is 9.55. The van der Waals surface area contributed by atoms with E-state index in [1.807, 2.05) is 33.8 Å². The van der Waals surface area contributed by atoms with Gasteiger partial charge in [0.2, 0.25) is 0 Å². The van der Waals surface area contributed by atoms with Gasteiger partial charge in [0, 0.05) is 44.4 Å². The number of aryl methyl sites for hydroxylation is 4. The van der Waals surface area contributed by atoms with Gasteiger partial charge in [0.15, 0.2) is 10.0 Å². The van der Waals surface area contributed by atoms with Crippen LogP contribution in [0.3, 0.4) is 0 Å². The van der Waals surface area contributed by atoms with Gasteiger partial charge in [-0.05, 0) is 63.4 Å². The van der Waals surface area contributed by atoms with E-state index in [-0.39, 0.29) is 27.4 Å². The van der Waals surface area contributed by atoms with E-state index in [4.69, 9.17) is 10.3 Å². The molecule has 216 valence electrons. The van der Waals surface area contributed by atoms with Gasteiger partial charge in [-0.3, -0.25) is 14.3 Å². The molecule has 0 atom stereocenters. The highest BCUT2D eigenvalue weighted by molar-refractivity contribution is 7.88. The van der Waals surface area contributed by atoms with Gasteiger partial charge in [-0.25, -0.2) is 4.39 Å². The Labute approximate surface area is 241 Å². The van der Waals surface area contributed by atoms with Crippen LogP contribution in [0.2, 0.25) is 0 Å². The Morgan fingerprint density at radius 3 is 2.32 bits per heavy atom. The largest absolute Gasteiger partial charge is 0.381 e. The molecule has 5 rings (SSSR count). The third-order valence-corrected chi connectivity index (χ3v) is 9.14. The lowest BCUT2D eigenvalue weighted by atomic mass is 10.0. The van der Waals surface area contributed by atoms with Gasteiger partial charge in [-0.1, -0.05) is 31.1 Å². The molecule has 0 saturated carbocycles. The van der Waals surface area contributed by atoms with Crippen LogP contribution in [0.1, 0.15) is 47.0 Å². The minimum absolute atomic E-state index is 0.0757. The Morgan fingerprint density at radius 1 is 1.05 bits per heavy atom. The number of nitrogens with two attached hydrogens (primary N) is 1. The number of hydrogen-bond acceptors (Lipinski definition) is 8. The van der Waals surface area contributed by atoms with E-state index in [9.17, 15) is 17.8 Å². The summed E-state index contributed by atoms with van der Waals surface area (Å²) in [6, 6.07) is 11.1. The molecular weight excluding hydrogens is 567 g/mol. The summed E-state index contributed by atoms with van der Waals surface area (Å²) in [5.74, 6) is 0.652. The fourth-order valence-corrected chi connectivity index (χ4v) is 6.41. The SMILES string of the molecule is CCc1cc2c(ccc(=O)n2Cc2ccc(-c3cc(C)sc3S(=O)(=O)O)c(F)c2)c(CC)n1.Cc1onc(N)c1C. The van der Waals surface area contributed by atoms with Gasteiger partial charge in [0.1, 0.15) is 11.6 Å². The number of nitrogen functional groups attached to an aromatic ring is 1. The molecule has 1 aromatic carbocycles. The Morgan fingerprint density at radius 2 is 1.78 bits per heavy atom. The molecule has 5 aromatic rings. The zero-order valence-electron chi connectivity index (χ0n) is 23.4. The standard InChI is InChI=1S/C24H23FN2O4S2.C5H8N2O/c1-4-16-12-22-18(21(5-2)26-16)8-9-23(28)27(22)13-15-6-7-17(20(25)11-15)19-10-14(3)32-24(19)33(29,30)31;1-3-4(2)8-7-5(3)6/h6-12H,4-5,13H2,1-3H3,(H,29,30,31);1-2H3,(H2,6,7).